The van der Waals surface area contributed by atoms with Gasteiger partial charge in [-0.05, 0) is 0 Å². The van der Waals surface area contributed by atoms with Gasteiger partial charge in [0, 0.05) is 18.9 Å². The fourth-order valence-electron chi connectivity index (χ4n) is 1.24. The Kier molecular flexibility index (Phi) is 2.35. The minimum absolute atomic E-state index is 0.0394. The molecule has 0 aliphatic carbocycles. The zero-order valence-electron chi connectivity index (χ0n) is 7.87. The zero-order valence-corrected chi connectivity index (χ0v) is 7.87. The molecule has 68 valence electrons. The molecule has 0 N–H and O–H groups in total. The molecule has 0 radical (unpaired) electrons. The highest BCUT2D eigenvalue weighted by atomic mass is 16.5. The van der Waals surface area contributed by atoms with Gasteiger partial charge in [-0.15, -0.1) is 5.10 Å². The lowest BCUT2D eigenvalue weighted by atomic mass is 9.93. The molecule has 2 unspecified atom stereocenters. The van der Waals surface area contributed by atoms with E-state index >= 15 is 0 Å². The van der Waals surface area contributed by atoms with E-state index in [4.69, 9.17) is 4.74 Å². The Morgan fingerprint density at radius 2 is 2.00 bits per heavy atom. The standard InChI is InChI=1S/C8H14N2O2/c1-5-6(2)8(11)10(3)9-7(5)12-4/h5-6H,1-4H3. The number of methoxy groups -OCH3 is 1. The van der Waals surface area contributed by atoms with Crippen LogP contribution in [0.1, 0.15) is 13.8 Å². The predicted molar refractivity (Wildman–Crippen MR) is 45.5 cm³/mol. The van der Waals surface area contributed by atoms with Crippen molar-refractivity contribution < 1.29 is 9.53 Å². The Balaban J connectivity index is 2.91. The van der Waals surface area contributed by atoms with Crippen LogP contribution >= 0.6 is 0 Å². The lowest BCUT2D eigenvalue weighted by Gasteiger charge is -2.28. The SMILES string of the molecule is COC1=NN(C)C(=O)C(C)C1C. The maximum Gasteiger partial charge on any atom is 0.246 e. The van der Waals surface area contributed by atoms with E-state index in [0.29, 0.717) is 5.90 Å². The average Bonchev–Trinajstić information content (AvgIpc) is 2.08. The van der Waals surface area contributed by atoms with Gasteiger partial charge in [-0.3, -0.25) is 4.79 Å². The van der Waals surface area contributed by atoms with Gasteiger partial charge in [0.25, 0.3) is 0 Å². The molecule has 1 amide bonds. The van der Waals surface area contributed by atoms with Crippen molar-refractivity contribution in [1.82, 2.24) is 5.01 Å². The summed E-state index contributed by atoms with van der Waals surface area (Å²) in [6.07, 6.45) is 0. The first-order valence-electron chi connectivity index (χ1n) is 3.98. The van der Waals surface area contributed by atoms with Crippen LogP contribution in [0.3, 0.4) is 0 Å². The Morgan fingerprint density at radius 3 is 2.50 bits per heavy atom. The van der Waals surface area contributed by atoms with Crippen LogP contribution in [-0.2, 0) is 9.53 Å². The lowest BCUT2D eigenvalue weighted by Crippen LogP contribution is -2.40. The number of amides is 1. The Labute approximate surface area is 72.2 Å². The summed E-state index contributed by atoms with van der Waals surface area (Å²) in [7, 11) is 3.22. The first-order chi connectivity index (χ1) is 5.57. The highest BCUT2D eigenvalue weighted by molar-refractivity contribution is 5.91. The zero-order chi connectivity index (χ0) is 9.30. The molecule has 1 aliphatic heterocycles. The molecule has 2 atom stereocenters. The maximum absolute atomic E-state index is 11.4. The van der Waals surface area contributed by atoms with Crippen molar-refractivity contribution >= 4 is 11.8 Å². The smallest absolute Gasteiger partial charge is 0.246 e. The average molecular weight is 170 g/mol. The van der Waals surface area contributed by atoms with E-state index in [1.807, 2.05) is 13.8 Å². The van der Waals surface area contributed by atoms with Crippen molar-refractivity contribution in [2.75, 3.05) is 14.2 Å². The Bertz CT molecular complexity index is 225. The normalized spacial score (nSPS) is 30.2. The van der Waals surface area contributed by atoms with Crippen molar-refractivity contribution in [3.63, 3.8) is 0 Å². The van der Waals surface area contributed by atoms with Crippen LogP contribution in [0, 0.1) is 11.8 Å². The number of ether oxygens (including phenoxy) is 1. The number of nitrogens with zero attached hydrogens (tertiary/aromatic N) is 2. The molecule has 0 spiro atoms. The van der Waals surface area contributed by atoms with E-state index in [2.05, 4.69) is 5.10 Å². The summed E-state index contributed by atoms with van der Waals surface area (Å²) < 4.78 is 5.05. The second-order valence-corrected chi connectivity index (χ2v) is 3.08. The number of hydrogen-bond donors (Lipinski definition) is 0. The Morgan fingerprint density at radius 1 is 1.42 bits per heavy atom. The molecule has 0 aromatic carbocycles. The molecule has 0 fully saturated rings. The van der Waals surface area contributed by atoms with E-state index in [-0.39, 0.29) is 17.7 Å². The highest BCUT2D eigenvalue weighted by Crippen LogP contribution is 2.20. The molecule has 1 heterocycles. The summed E-state index contributed by atoms with van der Waals surface area (Å²) in [5, 5.41) is 5.33. The maximum atomic E-state index is 11.4. The molecule has 12 heavy (non-hydrogen) atoms. The molecule has 0 aromatic rings. The number of hydrazone groups is 1. The van der Waals surface area contributed by atoms with Gasteiger partial charge < -0.3 is 4.74 Å². The number of hydrogen-bond acceptors (Lipinski definition) is 3. The summed E-state index contributed by atoms with van der Waals surface area (Å²) in [6.45, 7) is 3.83. The minimum Gasteiger partial charge on any atom is -0.483 e. The van der Waals surface area contributed by atoms with Gasteiger partial charge >= 0.3 is 0 Å². The molecule has 1 rings (SSSR count). The van der Waals surface area contributed by atoms with Crippen molar-refractivity contribution in [2.45, 2.75) is 13.8 Å². The van der Waals surface area contributed by atoms with E-state index in [1.165, 1.54) is 5.01 Å². The van der Waals surface area contributed by atoms with Crippen LogP contribution in [0.5, 0.6) is 0 Å². The molecule has 0 bridgehead atoms. The molecule has 0 aromatic heterocycles. The summed E-state index contributed by atoms with van der Waals surface area (Å²) in [5.74, 6) is 0.717. The lowest BCUT2D eigenvalue weighted by molar-refractivity contribution is -0.136. The van der Waals surface area contributed by atoms with Crippen LogP contribution in [0.4, 0.5) is 0 Å². The molecule has 0 saturated heterocycles. The first-order valence-corrected chi connectivity index (χ1v) is 3.98. The van der Waals surface area contributed by atoms with Gasteiger partial charge in [0.1, 0.15) is 0 Å². The van der Waals surface area contributed by atoms with Crippen molar-refractivity contribution in [3.05, 3.63) is 0 Å². The summed E-state index contributed by atoms with van der Waals surface area (Å²) in [5.41, 5.74) is 0. The van der Waals surface area contributed by atoms with Crippen LogP contribution in [0.15, 0.2) is 5.10 Å². The van der Waals surface area contributed by atoms with Gasteiger partial charge in [-0.25, -0.2) is 5.01 Å². The molecule has 4 nitrogen and oxygen atoms in total. The van der Waals surface area contributed by atoms with Gasteiger partial charge in [-0.2, -0.15) is 0 Å². The topological polar surface area (TPSA) is 41.9 Å². The second-order valence-electron chi connectivity index (χ2n) is 3.08. The van der Waals surface area contributed by atoms with Gasteiger partial charge in [0.15, 0.2) is 0 Å². The summed E-state index contributed by atoms with van der Waals surface area (Å²) in [4.78, 5) is 11.4. The van der Waals surface area contributed by atoms with Crippen molar-refractivity contribution in [3.8, 4) is 0 Å². The van der Waals surface area contributed by atoms with Crippen LogP contribution < -0.4 is 0 Å². The van der Waals surface area contributed by atoms with Crippen LogP contribution in [-0.4, -0.2) is 31.0 Å². The Hall–Kier alpha value is -1.06. The van der Waals surface area contributed by atoms with Crippen LogP contribution in [0.25, 0.3) is 0 Å². The van der Waals surface area contributed by atoms with Crippen molar-refractivity contribution in [2.24, 2.45) is 16.9 Å². The third kappa shape index (κ3) is 1.29. The molecule has 1 aliphatic rings. The number of carbonyl (C=O) groups excluding carboxylic acids is 1. The summed E-state index contributed by atoms with van der Waals surface area (Å²) >= 11 is 0. The van der Waals surface area contributed by atoms with Gasteiger partial charge in [0.05, 0.1) is 7.11 Å². The molecular formula is C8H14N2O2. The third-order valence-electron chi connectivity index (χ3n) is 2.31. The first kappa shape index (κ1) is 9.03. The monoisotopic (exact) mass is 170 g/mol. The molecule has 4 heteroatoms. The second kappa shape index (κ2) is 3.13. The predicted octanol–water partition coefficient (Wildman–Crippen LogP) is 0.690. The molecule has 0 saturated carbocycles. The van der Waals surface area contributed by atoms with Crippen LogP contribution in [0.2, 0.25) is 0 Å². The third-order valence-corrected chi connectivity index (χ3v) is 2.31. The van der Waals surface area contributed by atoms with Gasteiger partial charge in [0.2, 0.25) is 11.8 Å². The van der Waals surface area contributed by atoms with E-state index < -0.39 is 0 Å². The highest BCUT2D eigenvalue weighted by Gasteiger charge is 2.32. The fourth-order valence-corrected chi connectivity index (χ4v) is 1.24. The fraction of sp³-hybridized carbons (Fsp3) is 0.750. The quantitative estimate of drug-likeness (QED) is 0.536. The van der Waals surface area contributed by atoms with E-state index in [1.54, 1.807) is 14.2 Å². The summed E-state index contributed by atoms with van der Waals surface area (Å²) in [6, 6.07) is 0. The van der Waals surface area contributed by atoms with E-state index in [9.17, 15) is 4.79 Å². The minimum atomic E-state index is -0.0394. The van der Waals surface area contributed by atoms with Crippen molar-refractivity contribution in [1.29, 1.82) is 0 Å². The van der Waals surface area contributed by atoms with Gasteiger partial charge in [-0.1, -0.05) is 13.8 Å². The molecular weight excluding hydrogens is 156 g/mol. The number of rotatable bonds is 0. The largest absolute Gasteiger partial charge is 0.483 e. The number of carbonyl (C=O) groups is 1. The van der Waals surface area contributed by atoms with E-state index in [0.717, 1.165) is 0 Å².